The number of guanidine groups is 1. The first-order chi connectivity index (χ1) is 10.2. The Balaban J connectivity index is 1.63. The first kappa shape index (κ1) is 15.1. The van der Waals surface area contributed by atoms with Crippen LogP contribution in [0, 0.1) is 11.8 Å². The Morgan fingerprint density at radius 1 is 1.14 bits per heavy atom. The number of aliphatic imine (C=N–C) groups is 1. The minimum Gasteiger partial charge on any atom is -0.388 e. The average Bonchev–Trinajstić information content (AvgIpc) is 3.10. The number of rotatable bonds is 3. The van der Waals surface area contributed by atoms with Gasteiger partial charge in [-0.1, -0.05) is 25.7 Å². The number of nitrogens with zero attached hydrogens (tertiary/aromatic N) is 2. The van der Waals surface area contributed by atoms with E-state index in [0.29, 0.717) is 6.54 Å². The summed E-state index contributed by atoms with van der Waals surface area (Å²) in [7, 11) is 0. The van der Waals surface area contributed by atoms with Gasteiger partial charge in [-0.05, 0) is 44.4 Å². The van der Waals surface area contributed by atoms with Crippen LogP contribution in [0.1, 0.15) is 58.3 Å². The van der Waals surface area contributed by atoms with Crippen LogP contribution in [-0.2, 0) is 0 Å². The molecule has 0 spiro atoms. The normalized spacial score (nSPS) is 32.3. The number of aliphatic hydroxyl groups is 1. The van der Waals surface area contributed by atoms with E-state index in [1.165, 1.54) is 25.7 Å². The Labute approximate surface area is 129 Å². The van der Waals surface area contributed by atoms with E-state index in [-0.39, 0.29) is 0 Å². The largest absolute Gasteiger partial charge is 0.388 e. The summed E-state index contributed by atoms with van der Waals surface area (Å²) >= 11 is 0. The molecule has 0 bridgehead atoms. The minimum absolute atomic E-state index is 0.535. The van der Waals surface area contributed by atoms with Crippen molar-refractivity contribution in [1.82, 2.24) is 10.2 Å². The molecular formula is C17H31N3O. The molecule has 4 nitrogen and oxygen atoms in total. The summed E-state index contributed by atoms with van der Waals surface area (Å²) in [5.74, 6) is 2.78. The molecular weight excluding hydrogens is 262 g/mol. The van der Waals surface area contributed by atoms with Gasteiger partial charge in [-0.15, -0.1) is 0 Å². The topological polar surface area (TPSA) is 47.9 Å². The van der Waals surface area contributed by atoms with Gasteiger partial charge < -0.3 is 15.3 Å². The van der Waals surface area contributed by atoms with Crippen molar-refractivity contribution in [2.45, 2.75) is 63.9 Å². The predicted octanol–water partition coefficient (Wildman–Crippen LogP) is 2.38. The van der Waals surface area contributed by atoms with Gasteiger partial charge in [0.25, 0.3) is 0 Å². The number of nitrogens with one attached hydrogen (secondary N) is 1. The summed E-state index contributed by atoms with van der Waals surface area (Å²) in [4.78, 5) is 7.24. The van der Waals surface area contributed by atoms with E-state index in [9.17, 15) is 5.11 Å². The van der Waals surface area contributed by atoms with Crippen molar-refractivity contribution in [2.75, 3.05) is 26.2 Å². The van der Waals surface area contributed by atoms with Gasteiger partial charge in [-0.2, -0.15) is 0 Å². The van der Waals surface area contributed by atoms with Gasteiger partial charge in [0.2, 0.25) is 0 Å². The Morgan fingerprint density at radius 2 is 1.76 bits per heavy atom. The van der Waals surface area contributed by atoms with E-state index in [1.807, 2.05) is 0 Å². The molecule has 120 valence electrons. The highest BCUT2D eigenvalue weighted by Gasteiger charge is 2.36. The highest BCUT2D eigenvalue weighted by Crippen LogP contribution is 2.36. The van der Waals surface area contributed by atoms with Gasteiger partial charge in [0.1, 0.15) is 0 Å². The molecule has 1 heterocycles. The molecule has 2 saturated carbocycles. The van der Waals surface area contributed by atoms with Gasteiger partial charge in [0.15, 0.2) is 5.96 Å². The Kier molecular flexibility index (Phi) is 4.72. The van der Waals surface area contributed by atoms with E-state index in [2.05, 4.69) is 17.1 Å². The molecule has 1 saturated heterocycles. The first-order valence-electron chi connectivity index (χ1n) is 8.96. The molecule has 2 unspecified atom stereocenters. The number of hydrogen-bond acceptors (Lipinski definition) is 2. The first-order valence-corrected chi connectivity index (χ1v) is 8.96. The van der Waals surface area contributed by atoms with Crippen LogP contribution in [0.3, 0.4) is 0 Å². The molecule has 0 amide bonds. The molecule has 0 aromatic carbocycles. The summed E-state index contributed by atoms with van der Waals surface area (Å²) in [6, 6.07) is 0. The number of fused-ring (bicyclic) bond motifs is 1. The second-order valence-electron chi connectivity index (χ2n) is 7.31. The van der Waals surface area contributed by atoms with Gasteiger partial charge in [0.05, 0.1) is 12.1 Å². The van der Waals surface area contributed by atoms with Crippen LogP contribution in [-0.4, -0.2) is 47.7 Å². The summed E-state index contributed by atoms with van der Waals surface area (Å²) in [5.41, 5.74) is -0.535. The summed E-state index contributed by atoms with van der Waals surface area (Å²) in [6.07, 6.45) is 9.73. The van der Waals surface area contributed by atoms with Crippen molar-refractivity contribution in [2.24, 2.45) is 16.8 Å². The lowest BCUT2D eigenvalue weighted by Crippen LogP contribution is -2.41. The van der Waals surface area contributed by atoms with Crippen LogP contribution in [0.15, 0.2) is 4.99 Å². The van der Waals surface area contributed by atoms with Gasteiger partial charge in [-0.3, -0.25) is 4.99 Å². The molecule has 1 aliphatic heterocycles. The molecule has 2 atom stereocenters. The second-order valence-corrected chi connectivity index (χ2v) is 7.31. The number of hydrogen-bond donors (Lipinski definition) is 2. The molecule has 21 heavy (non-hydrogen) atoms. The summed E-state index contributed by atoms with van der Waals surface area (Å²) < 4.78 is 0. The maximum Gasteiger partial charge on any atom is 0.194 e. The minimum atomic E-state index is -0.535. The lowest BCUT2D eigenvalue weighted by molar-refractivity contribution is 0.0572. The molecule has 0 aromatic heterocycles. The van der Waals surface area contributed by atoms with Crippen molar-refractivity contribution in [1.29, 1.82) is 0 Å². The van der Waals surface area contributed by atoms with Crippen LogP contribution >= 0.6 is 0 Å². The maximum atomic E-state index is 10.5. The fourth-order valence-electron chi connectivity index (χ4n) is 4.42. The molecule has 3 rings (SSSR count). The van der Waals surface area contributed by atoms with Crippen molar-refractivity contribution < 1.29 is 5.11 Å². The van der Waals surface area contributed by atoms with Crippen LogP contribution in [0.4, 0.5) is 0 Å². The molecule has 3 aliphatic rings. The SMILES string of the molecule is CCNC(=NCC1(O)CCCC1)N1CC2CCCCC2C1. The standard InChI is InChI=1S/C17H31N3O/c1-2-18-16(19-13-17(21)9-5-6-10-17)20-11-14-7-3-4-8-15(14)12-20/h14-15,21H,2-13H2,1H3,(H,18,19). The fourth-order valence-corrected chi connectivity index (χ4v) is 4.42. The highest BCUT2D eigenvalue weighted by atomic mass is 16.3. The van der Waals surface area contributed by atoms with Crippen molar-refractivity contribution in [3.05, 3.63) is 0 Å². The van der Waals surface area contributed by atoms with Gasteiger partial charge >= 0.3 is 0 Å². The van der Waals surface area contributed by atoms with E-state index in [4.69, 9.17) is 4.99 Å². The van der Waals surface area contributed by atoms with E-state index in [0.717, 1.165) is 63.1 Å². The zero-order chi connectivity index (χ0) is 14.7. The zero-order valence-electron chi connectivity index (χ0n) is 13.5. The quantitative estimate of drug-likeness (QED) is 0.620. The third-order valence-corrected chi connectivity index (χ3v) is 5.67. The smallest absolute Gasteiger partial charge is 0.194 e. The van der Waals surface area contributed by atoms with Crippen LogP contribution in [0.25, 0.3) is 0 Å². The van der Waals surface area contributed by atoms with E-state index < -0.39 is 5.60 Å². The Morgan fingerprint density at radius 3 is 2.33 bits per heavy atom. The van der Waals surface area contributed by atoms with Crippen molar-refractivity contribution in [3.8, 4) is 0 Å². The average molecular weight is 293 g/mol. The predicted molar refractivity (Wildman–Crippen MR) is 86.4 cm³/mol. The maximum absolute atomic E-state index is 10.5. The number of likely N-dealkylation sites (tertiary alicyclic amines) is 1. The van der Waals surface area contributed by atoms with Gasteiger partial charge in [-0.25, -0.2) is 0 Å². The van der Waals surface area contributed by atoms with E-state index >= 15 is 0 Å². The highest BCUT2D eigenvalue weighted by molar-refractivity contribution is 5.80. The zero-order valence-corrected chi connectivity index (χ0v) is 13.5. The Bertz CT molecular complexity index is 362. The lowest BCUT2D eigenvalue weighted by Gasteiger charge is -2.24. The molecule has 0 aromatic rings. The molecule has 2 aliphatic carbocycles. The molecule has 4 heteroatoms. The van der Waals surface area contributed by atoms with Crippen LogP contribution in [0.5, 0.6) is 0 Å². The fraction of sp³-hybridized carbons (Fsp3) is 0.941. The van der Waals surface area contributed by atoms with Crippen molar-refractivity contribution >= 4 is 5.96 Å². The molecule has 2 N–H and O–H groups in total. The summed E-state index contributed by atoms with van der Waals surface area (Å²) in [5, 5.41) is 13.9. The monoisotopic (exact) mass is 293 g/mol. The lowest BCUT2D eigenvalue weighted by atomic mass is 9.82. The summed E-state index contributed by atoms with van der Waals surface area (Å²) in [6.45, 7) is 5.93. The third kappa shape index (κ3) is 3.53. The molecule has 0 radical (unpaired) electrons. The van der Waals surface area contributed by atoms with Crippen molar-refractivity contribution in [3.63, 3.8) is 0 Å². The van der Waals surface area contributed by atoms with E-state index in [1.54, 1.807) is 0 Å². The van der Waals surface area contributed by atoms with Crippen LogP contribution < -0.4 is 5.32 Å². The Hall–Kier alpha value is -0.770. The second kappa shape index (κ2) is 6.55. The third-order valence-electron chi connectivity index (χ3n) is 5.67. The molecule has 3 fully saturated rings. The van der Waals surface area contributed by atoms with Crippen LogP contribution in [0.2, 0.25) is 0 Å². The van der Waals surface area contributed by atoms with Gasteiger partial charge in [0, 0.05) is 19.6 Å².